The summed E-state index contributed by atoms with van der Waals surface area (Å²) in [6.45, 7) is 2.81. The van der Waals surface area contributed by atoms with Gasteiger partial charge in [-0.3, -0.25) is 4.79 Å². The van der Waals surface area contributed by atoms with Crippen molar-refractivity contribution in [2.75, 3.05) is 18.6 Å². The second-order valence-electron chi connectivity index (χ2n) is 6.40. The zero-order valence-electron chi connectivity index (χ0n) is 16.7. The fourth-order valence-corrected chi connectivity index (χ4v) is 3.83. The number of hydrogen-bond acceptors (Lipinski definition) is 5. The van der Waals surface area contributed by atoms with E-state index in [1.165, 1.54) is 12.1 Å². The highest BCUT2D eigenvalue weighted by molar-refractivity contribution is 9.10. The highest BCUT2D eigenvalue weighted by Crippen LogP contribution is 2.35. The van der Waals surface area contributed by atoms with Crippen LogP contribution in [0, 0.1) is 5.82 Å². The van der Waals surface area contributed by atoms with Gasteiger partial charge in [0.05, 0.1) is 11.6 Å². The maximum absolute atomic E-state index is 13.2. The Kier molecular flexibility index (Phi) is 10.2. The Balaban J connectivity index is 2.14. The largest absolute Gasteiger partial charge is 0.490 e. The first-order valence-electron chi connectivity index (χ1n) is 9.32. The van der Waals surface area contributed by atoms with Gasteiger partial charge in [0.25, 0.3) is 0 Å². The highest BCUT2D eigenvalue weighted by atomic mass is 79.9. The molecule has 1 atom stereocenters. The van der Waals surface area contributed by atoms with Crippen molar-refractivity contribution in [1.29, 1.82) is 0 Å². The molecule has 30 heavy (non-hydrogen) atoms. The Bertz CT molecular complexity index is 871. The third-order valence-electron chi connectivity index (χ3n) is 4.26. The van der Waals surface area contributed by atoms with E-state index in [-0.39, 0.29) is 11.6 Å². The van der Waals surface area contributed by atoms with E-state index in [0.717, 1.165) is 15.8 Å². The van der Waals surface area contributed by atoms with Crippen LogP contribution in [-0.4, -0.2) is 35.7 Å². The van der Waals surface area contributed by atoms with Gasteiger partial charge in [0.2, 0.25) is 0 Å². The van der Waals surface area contributed by atoms with Gasteiger partial charge in [-0.2, -0.15) is 11.8 Å². The van der Waals surface area contributed by atoms with Crippen molar-refractivity contribution in [3.05, 3.63) is 56.8 Å². The number of hydrogen-bond donors (Lipinski definition) is 2. The highest BCUT2D eigenvalue weighted by Gasteiger charge is 2.18. The third kappa shape index (κ3) is 7.34. The quantitative estimate of drug-likeness (QED) is 0.384. The molecule has 0 aromatic heterocycles. The Morgan fingerprint density at radius 3 is 2.63 bits per heavy atom. The summed E-state index contributed by atoms with van der Waals surface area (Å²) in [5, 5.41) is 12.8. The molecular weight excluding hydrogens is 497 g/mol. The maximum atomic E-state index is 13.2. The minimum absolute atomic E-state index is 0.152. The lowest BCUT2D eigenvalue weighted by molar-refractivity contribution is -0.139. The molecule has 0 aliphatic heterocycles. The average Bonchev–Trinajstić information content (AvgIpc) is 2.69. The van der Waals surface area contributed by atoms with Crippen LogP contribution in [0.4, 0.5) is 4.39 Å². The third-order valence-corrected chi connectivity index (χ3v) is 5.99. The van der Waals surface area contributed by atoms with Crippen molar-refractivity contribution < 1.29 is 23.8 Å². The topological polar surface area (TPSA) is 67.8 Å². The normalized spacial score (nSPS) is 11.9. The number of nitrogens with one attached hydrogen (secondary N) is 1. The number of halogens is 3. The van der Waals surface area contributed by atoms with Crippen LogP contribution in [0.5, 0.6) is 11.5 Å². The number of thioether (sulfide) groups is 1. The number of carboxylic acids is 1. The van der Waals surface area contributed by atoms with Crippen molar-refractivity contribution in [3.63, 3.8) is 0 Å². The van der Waals surface area contributed by atoms with E-state index >= 15 is 0 Å². The number of benzene rings is 2. The standard InChI is InChI=1S/C21H24BrClFNO4S/c1-3-28-19-8-14(11-25-18(21(26)27)6-7-30-2)16(22)10-20(19)29-12-13-4-5-15(24)9-17(13)23/h4-5,8-10,18,25H,3,6-7,11-12H2,1-2H3,(H,26,27). The fraction of sp³-hybridized carbons (Fsp3) is 0.381. The zero-order chi connectivity index (χ0) is 22.1. The summed E-state index contributed by atoms with van der Waals surface area (Å²) in [4.78, 5) is 11.4. The molecule has 5 nitrogen and oxygen atoms in total. The molecule has 0 spiro atoms. The van der Waals surface area contributed by atoms with Crippen LogP contribution in [0.1, 0.15) is 24.5 Å². The number of ether oxygens (including phenoxy) is 2. The molecule has 0 fully saturated rings. The van der Waals surface area contributed by atoms with Gasteiger partial charge in [-0.25, -0.2) is 4.39 Å². The minimum Gasteiger partial charge on any atom is -0.490 e. The lowest BCUT2D eigenvalue weighted by Gasteiger charge is -2.18. The molecule has 9 heteroatoms. The predicted octanol–water partition coefficient (Wildman–Crippen LogP) is 5.52. The summed E-state index contributed by atoms with van der Waals surface area (Å²) in [5.74, 6) is 0.516. The van der Waals surface area contributed by atoms with Crippen LogP contribution >= 0.6 is 39.3 Å². The molecule has 0 amide bonds. The van der Waals surface area contributed by atoms with Crippen molar-refractivity contribution in [1.82, 2.24) is 5.32 Å². The van der Waals surface area contributed by atoms with Crippen LogP contribution in [0.2, 0.25) is 5.02 Å². The van der Waals surface area contributed by atoms with Crippen LogP contribution in [0.15, 0.2) is 34.8 Å². The summed E-state index contributed by atoms with van der Waals surface area (Å²) in [6, 6.07) is 7.11. The summed E-state index contributed by atoms with van der Waals surface area (Å²) in [5.41, 5.74) is 1.50. The molecule has 2 rings (SSSR count). The van der Waals surface area contributed by atoms with E-state index < -0.39 is 17.8 Å². The molecule has 0 saturated heterocycles. The summed E-state index contributed by atoms with van der Waals surface area (Å²) in [6.07, 6.45) is 2.48. The van der Waals surface area contributed by atoms with E-state index in [1.54, 1.807) is 23.9 Å². The van der Waals surface area contributed by atoms with Crippen LogP contribution in [0.3, 0.4) is 0 Å². The SMILES string of the molecule is CCOc1cc(CNC(CCSC)C(=O)O)c(Br)cc1OCc1ccc(F)cc1Cl. The average molecular weight is 521 g/mol. The number of aliphatic carboxylic acids is 1. The van der Waals surface area contributed by atoms with E-state index in [4.69, 9.17) is 21.1 Å². The van der Waals surface area contributed by atoms with E-state index in [0.29, 0.717) is 36.6 Å². The molecule has 2 aromatic carbocycles. The first kappa shape index (κ1) is 24.8. The van der Waals surface area contributed by atoms with Gasteiger partial charge in [0.15, 0.2) is 11.5 Å². The first-order valence-corrected chi connectivity index (χ1v) is 11.9. The number of rotatable bonds is 12. The van der Waals surface area contributed by atoms with Gasteiger partial charge in [0, 0.05) is 16.6 Å². The predicted molar refractivity (Wildman–Crippen MR) is 122 cm³/mol. The molecule has 164 valence electrons. The smallest absolute Gasteiger partial charge is 0.320 e. The van der Waals surface area contributed by atoms with Crippen molar-refractivity contribution in [2.45, 2.75) is 32.5 Å². The molecule has 0 bridgehead atoms. The van der Waals surface area contributed by atoms with Crippen molar-refractivity contribution in [2.24, 2.45) is 0 Å². The minimum atomic E-state index is -0.874. The van der Waals surface area contributed by atoms with Gasteiger partial charge >= 0.3 is 5.97 Å². The second kappa shape index (κ2) is 12.4. The Morgan fingerprint density at radius 1 is 1.27 bits per heavy atom. The number of carboxylic acid groups (broad SMARTS) is 1. The first-order chi connectivity index (χ1) is 14.3. The van der Waals surface area contributed by atoms with E-state index in [2.05, 4.69) is 21.2 Å². The lowest BCUT2D eigenvalue weighted by atomic mass is 10.1. The molecule has 0 saturated carbocycles. The van der Waals surface area contributed by atoms with Gasteiger partial charge in [-0.05, 0) is 55.2 Å². The van der Waals surface area contributed by atoms with Gasteiger partial charge < -0.3 is 19.9 Å². The molecular formula is C21H24BrClFNO4S. The molecule has 2 N–H and O–H groups in total. The molecule has 0 radical (unpaired) electrons. The molecule has 0 heterocycles. The van der Waals surface area contributed by atoms with E-state index in [1.807, 2.05) is 19.2 Å². The monoisotopic (exact) mass is 519 g/mol. The zero-order valence-corrected chi connectivity index (χ0v) is 19.9. The van der Waals surface area contributed by atoms with Gasteiger partial charge in [-0.1, -0.05) is 33.6 Å². The Morgan fingerprint density at radius 2 is 2.00 bits per heavy atom. The van der Waals surface area contributed by atoms with Crippen LogP contribution < -0.4 is 14.8 Å². The molecule has 0 aliphatic carbocycles. The Labute approximate surface area is 193 Å². The number of carbonyl (C=O) groups is 1. The fourth-order valence-electron chi connectivity index (χ4n) is 2.67. The van der Waals surface area contributed by atoms with Gasteiger partial charge in [0.1, 0.15) is 18.5 Å². The van der Waals surface area contributed by atoms with Crippen LogP contribution in [-0.2, 0) is 17.9 Å². The Hall–Kier alpha value is -1.48. The molecule has 2 aromatic rings. The van der Waals surface area contributed by atoms with Crippen molar-refractivity contribution in [3.8, 4) is 11.5 Å². The summed E-state index contributed by atoms with van der Waals surface area (Å²) < 4.78 is 25.6. The molecule has 0 aliphatic rings. The second-order valence-corrected chi connectivity index (χ2v) is 8.65. The summed E-state index contributed by atoms with van der Waals surface area (Å²) >= 11 is 11.2. The maximum Gasteiger partial charge on any atom is 0.320 e. The van der Waals surface area contributed by atoms with Crippen molar-refractivity contribution >= 4 is 45.3 Å². The summed E-state index contributed by atoms with van der Waals surface area (Å²) in [7, 11) is 0. The lowest BCUT2D eigenvalue weighted by Crippen LogP contribution is -2.36. The molecule has 1 unspecified atom stereocenters. The van der Waals surface area contributed by atoms with Crippen LogP contribution in [0.25, 0.3) is 0 Å². The van der Waals surface area contributed by atoms with E-state index in [9.17, 15) is 14.3 Å². The van der Waals surface area contributed by atoms with Gasteiger partial charge in [-0.15, -0.1) is 0 Å².